The van der Waals surface area contributed by atoms with E-state index in [4.69, 9.17) is 9.15 Å². The van der Waals surface area contributed by atoms with Gasteiger partial charge >= 0.3 is 0 Å². The zero-order valence-electron chi connectivity index (χ0n) is 16.0. The van der Waals surface area contributed by atoms with Crippen molar-refractivity contribution in [2.45, 2.75) is 20.0 Å². The van der Waals surface area contributed by atoms with Crippen molar-refractivity contribution >= 4 is 38.5 Å². The fourth-order valence-electron chi connectivity index (χ4n) is 3.54. The van der Waals surface area contributed by atoms with Gasteiger partial charge in [0.1, 0.15) is 11.3 Å². The summed E-state index contributed by atoms with van der Waals surface area (Å²) in [5, 5.41) is 0.867. The molecule has 0 atom stereocenters. The number of carbonyl (C=O) groups is 1. The monoisotopic (exact) mass is 442 g/mol. The third-order valence-corrected chi connectivity index (χ3v) is 5.26. The Kier molecular flexibility index (Phi) is 5.31. The second-order valence-electron chi connectivity index (χ2n) is 7.22. The zero-order valence-corrected chi connectivity index (χ0v) is 17.6. The summed E-state index contributed by atoms with van der Waals surface area (Å²) in [5.41, 5.74) is 2.44. The molecule has 0 spiro atoms. The maximum absolute atomic E-state index is 13.1. The van der Waals surface area contributed by atoms with Crippen LogP contribution in [0.4, 0.5) is 5.69 Å². The quantitative estimate of drug-likeness (QED) is 0.573. The molecule has 0 bridgehead atoms. The van der Waals surface area contributed by atoms with E-state index < -0.39 is 0 Å². The molecule has 0 radical (unpaired) electrons. The minimum Gasteiger partial charge on any atom is -0.490 e. The van der Waals surface area contributed by atoms with Crippen molar-refractivity contribution in [3.05, 3.63) is 58.8 Å². The Balaban J connectivity index is 1.54. The molecule has 2 heterocycles. The summed E-state index contributed by atoms with van der Waals surface area (Å²) in [7, 11) is 0. The van der Waals surface area contributed by atoms with E-state index in [1.165, 1.54) is 5.69 Å². The minimum absolute atomic E-state index is 0.00994. The van der Waals surface area contributed by atoms with Gasteiger partial charge < -0.3 is 19.0 Å². The summed E-state index contributed by atoms with van der Waals surface area (Å²) in [6.45, 7) is 6.96. The molecule has 146 valence electrons. The van der Waals surface area contributed by atoms with Gasteiger partial charge in [-0.3, -0.25) is 4.79 Å². The highest BCUT2D eigenvalue weighted by molar-refractivity contribution is 9.10. The Morgan fingerprint density at radius 3 is 2.46 bits per heavy atom. The van der Waals surface area contributed by atoms with Gasteiger partial charge in [-0.15, -0.1) is 0 Å². The van der Waals surface area contributed by atoms with Gasteiger partial charge in [-0.2, -0.15) is 0 Å². The molecule has 1 aliphatic rings. The van der Waals surface area contributed by atoms with Gasteiger partial charge in [-0.1, -0.05) is 18.2 Å². The van der Waals surface area contributed by atoms with Crippen LogP contribution in [0, 0.1) is 0 Å². The Morgan fingerprint density at radius 2 is 1.79 bits per heavy atom. The van der Waals surface area contributed by atoms with Crippen molar-refractivity contribution in [2.24, 2.45) is 0 Å². The molecule has 4 rings (SSSR count). The normalized spacial score (nSPS) is 14.7. The molecule has 1 fully saturated rings. The highest BCUT2D eigenvalue weighted by Crippen LogP contribution is 2.34. The number of para-hydroxylation sites is 1. The summed E-state index contributed by atoms with van der Waals surface area (Å²) in [6, 6.07) is 15.8. The Bertz CT molecular complexity index is 976. The van der Waals surface area contributed by atoms with E-state index in [0.717, 1.165) is 18.5 Å². The standard InChI is InChI=1S/C22H23BrN2O3/c1-15(2)27-19-12-16(13-20-18(19)14-21(23)28-20)22(26)25-10-8-24(9-11-25)17-6-4-3-5-7-17/h3-7,12-15H,8-11H2,1-2H3. The number of halogens is 1. The van der Waals surface area contributed by atoms with Crippen LogP contribution in [-0.4, -0.2) is 43.1 Å². The van der Waals surface area contributed by atoms with Crippen molar-refractivity contribution in [1.29, 1.82) is 0 Å². The molecule has 1 amide bonds. The second-order valence-corrected chi connectivity index (χ2v) is 8.00. The maximum Gasteiger partial charge on any atom is 0.254 e. The van der Waals surface area contributed by atoms with Gasteiger partial charge in [0, 0.05) is 43.5 Å². The van der Waals surface area contributed by atoms with Crippen molar-refractivity contribution in [3.8, 4) is 5.75 Å². The smallest absolute Gasteiger partial charge is 0.254 e. The van der Waals surface area contributed by atoms with Gasteiger partial charge in [-0.05, 0) is 54.0 Å². The predicted octanol–water partition coefficient (Wildman–Crippen LogP) is 4.94. The van der Waals surface area contributed by atoms with Crippen LogP contribution in [0.15, 0.2) is 57.6 Å². The van der Waals surface area contributed by atoms with Crippen LogP contribution < -0.4 is 9.64 Å². The minimum atomic E-state index is 0.00994. The SMILES string of the molecule is CC(C)Oc1cc(C(=O)N2CCN(c3ccccc3)CC2)cc2oc(Br)cc12. The largest absolute Gasteiger partial charge is 0.490 e. The highest BCUT2D eigenvalue weighted by atomic mass is 79.9. The lowest BCUT2D eigenvalue weighted by Crippen LogP contribution is -2.48. The van der Waals surface area contributed by atoms with Crippen LogP contribution in [0.25, 0.3) is 11.0 Å². The molecule has 0 unspecified atom stereocenters. The van der Waals surface area contributed by atoms with Gasteiger partial charge in [0.05, 0.1) is 11.5 Å². The molecular formula is C22H23BrN2O3. The van der Waals surface area contributed by atoms with Crippen LogP contribution in [0.3, 0.4) is 0 Å². The molecule has 2 aromatic carbocycles. The molecule has 1 saturated heterocycles. The highest BCUT2D eigenvalue weighted by Gasteiger charge is 2.24. The third-order valence-electron chi connectivity index (χ3n) is 4.87. The summed E-state index contributed by atoms with van der Waals surface area (Å²) >= 11 is 3.37. The average molecular weight is 443 g/mol. The van der Waals surface area contributed by atoms with Crippen LogP contribution >= 0.6 is 15.9 Å². The van der Waals surface area contributed by atoms with Gasteiger partial charge in [0.15, 0.2) is 4.67 Å². The van der Waals surface area contributed by atoms with Crippen LogP contribution in [0.5, 0.6) is 5.75 Å². The van der Waals surface area contributed by atoms with Crippen LogP contribution in [0.1, 0.15) is 24.2 Å². The first-order valence-corrected chi connectivity index (χ1v) is 10.3. The number of ether oxygens (including phenoxy) is 1. The molecule has 5 nitrogen and oxygen atoms in total. The number of rotatable bonds is 4. The molecule has 1 aromatic heterocycles. The maximum atomic E-state index is 13.1. The van der Waals surface area contributed by atoms with E-state index in [-0.39, 0.29) is 12.0 Å². The Labute approximate surface area is 173 Å². The van der Waals surface area contributed by atoms with E-state index in [2.05, 4.69) is 33.0 Å². The first-order valence-electron chi connectivity index (χ1n) is 9.50. The topological polar surface area (TPSA) is 45.9 Å². The predicted molar refractivity (Wildman–Crippen MR) is 114 cm³/mol. The van der Waals surface area contributed by atoms with Crippen LogP contribution in [-0.2, 0) is 0 Å². The fraction of sp³-hybridized carbons (Fsp3) is 0.318. The average Bonchev–Trinajstić information content (AvgIpc) is 3.08. The number of carbonyl (C=O) groups excluding carboxylic acids is 1. The number of furan rings is 1. The molecule has 0 aliphatic carbocycles. The number of benzene rings is 2. The fourth-order valence-corrected chi connectivity index (χ4v) is 3.94. The number of amides is 1. The van der Waals surface area contributed by atoms with Crippen molar-refractivity contribution in [1.82, 2.24) is 4.90 Å². The van der Waals surface area contributed by atoms with Gasteiger partial charge in [-0.25, -0.2) is 0 Å². The summed E-state index contributed by atoms with van der Waals surface area (Å²) in [5.74, 6) is 0.684. The Morgan fingerprint density at radius 1 is 1.07 bits per heavy atom. The molecule has 28 heavy (non-hydrogen) atoms. The Hall–Kier alpha value is -2.47. The van der Waals surface area contributed by atoms with Gasteiger partial charge in [0.25, 0.3) is 5.91 Å². The number of fused-ring (bicyclic) bond motifs is 1. The lowest BCUT2D eigenvalue weighted by atomic mass is 10.1. The molecule has 0 saturated carbocycles. The number of hydrogen-bond acceptors (Lipinski definition) is 4. The number of piperazine rings is 1. The summed E-state index contributed by atoms with van der Waals surface area (Å²) in [4.78, 5) is 17.3. The van der Waals surface area contributed by atoms with E-state index in [1.807, 2.05) is 49.1 Å². The third kappa shape index (κ3) is 3.87. The van der Waals surface area contributed by atoms with Crippen LogP contribution in [0.2, 0.25) is 0 Å². The van der Waals surface area contributed by atoms with Crippen molar-refractivity contribution in [2.75, 3.05) is 31.1 Å². The van der Waals surface area contributed by atoms with E-state index >= 15 is 0 Å². The lowest BCUT2D eigenvalue weighted by Gasteiger charge is -2.36. The van der Waals surface area contributed by atoms with E-state index in [0.29, 0.717) is 34.7 Å². The summed E-state index contributed by atoms with van der Waals surface area (Å²) in [6.07, 6.45) is 0.0108. The molecule has 1 aliphatic heterocycles. The van der Waals surface area contributed by atoms with Crippen molar-refractivity contribution in [3.63, 3.8) is 0 Å². The first-order chi connectivity index (χ1) is 13.5. The lowest BCUT2D eigenvalue weighted by molar-refractivity contribution is 0.0746. The molecule has 3 aromatic rings. The van der Waals surface area contributed by atoms with Crippen molar-refractivity contribution < 1.29 is 13.9 Å². The molecular weight excluding hydrogens is 420 g/mol. The number of nitrogens with zero attached hydrogens (tertiary/aromatic N) is 2. The zero-order chi connectivity index (χ0) is 19.7. The summed E-state index contributed by atoms with van der Waals surface area (Å²) < 4.78 is 12.3. The molecule has 6 heteroatoms. The molecule has 0 N–H and O–H groups in total. The second kappa shape index (κ2) is 7.87. The van der Waals surface area contributed by atoms with E-state index in [9.17, 15) is 4.79 Å². The number of anilines is 1. The van der Waals surface area contributed by atoms with Gasteiger partial charge in [0.2, 0.25) is 0 Å². The number of hydrogen-bond donors (Lipinski definition) is 0. The van der Waals surface area contributed by atoms with E-state index in [1.54, 1.807) is 6.07 Å². The first kappa shape index (κ1) is 18.9.